The number of fused-ring (bicyclic) bond motifs is 1. The van der Waals surface area contributed by atoms with Crippen LogP contribution in [-0.2, 0) is 0 Å². The second-order valence-corrected chi connectivity index (χ2v) is 13.4. The van der Waals surface area contributed by atoms with Crippen LogP contribution in [0.5, 0.6) is 0 Å². The quantitative estimate of drug-likeness (QED) is 0.151. The molecule has 4 aromatic heterocycles. The fourth-order valence-electron chi connectivity index (χ4n) is 5.67. The average Bonchev–Trinajstić information content (AvgIpc) is 3.47. The molecule has 2 aliphatic carbocycles. The van der Waals surface area contributed by atoms with Gasteiger partial charge in [0.15, 0.2) is 0 Å². The van der Waals surface area contributed by atoms with Crippen LogP contribution in [0.1, 0.15) is 54.4 Å². The molecule has 0 spiro atoms. The van der Waals surface area contributed by atoms with Crippen LogP contribution in [-0.4, -0.2) is 65.1 Å². The predicted molar refractivity (Wildman–Crippen MR) is 169 cm³/mol. The van der Waals surface area contributed by atoms with Crippen LogP contribution in [0, 0.1) is 12.8 Å². The first-order valence-electron chi connectivity index (χ1n) is 14.5. The number of aliphatic hydroxyl groups is 3. The Balaban J connectivity index is 1.17. The normalized spacial score (nSPS) is 22.6. The Bertz CT molecular complexity index is 1720. The highest BCUT2D eigenvalue weighted by molar-refractivity contribution is 7.21. The molecular weight excluding hydrogens is 583 g/mol. The Morgan fingerprint density at radius 1 is 1.02 bits per heavy atom. The van der Waals surface area contributed by atoms with Crippen molar-refractivity contribution in [2.75, 3.05) is 17.2 Å². The van der Waals surface area contributed by atoms with E-state index < -0.39 is 24.2 Å². The molecule has 7 rings (SSSR count). The molecule has 0 bridgehead atoms. The number of anilines is 2. The number of aliphatic hydroxyl groups excluding tert-OH is 3. The largest absolute Gasteiger partial charge is 0.396 e. The van der Waals surface area contributed by atoms with E-state index in [1.165, 1.54) is 29.2 Å². The minimum absolute atomic E-state index is 0.0872. The molecule has 5 atom stereocenters. The molecule has 0 saturated heterocycles. The zero-order valence-electron chi connectivity index (χ0n) is 23.8. The first kappa shape index (κ1) is 28.2. The molecule has 1 aromatic carbocycles. The van der Waals surface area contributed by atoms with Gasteiger partial charge in [-0.3, -0.25) is 4.98 Å². The van der Waals surface area contributed by atoms with Crippen LogP contribution >= 0.6 is 22.7 Å². The van der Waals surface area contributed by atoms with Gasteiger partial charge in [-0.2, -0.15) is 4.98 Å². The molecule has 2 fully saturated rings. The van der Waals surface area contributed by atoms with Crippen LogP contribution in [0.4, 0.5) is 11.8 Å². The average molecular weight is 616 g/mol. The monoisotopic (exact) mass is 615 g/mol. The Morgan fingerprint density at radius 2 is 1.84 bits per heavy atom. The van der Waals surface area contributed by atoms with Gasteiger partial charge in [0.25, 0.3) is 0 Å². The summed E-state index contributed by atoms with van der Waals surface area (Å²) in [7, 11) is 0. The summed E-state index contributed by atoms with van der Waals surface area (Å²) in [6.07, 6.45) is 4.29. The lowest BCUT2D eigenvalue weighted by Gasteiger charge is -2.22. The smallest absolute Gasteiger partial charge is 0.225 e. The highest BCUT2D eigenvalue weighted by Gasteiger charge is 2.41. The van der Waals surface area contributed by atoms with Gasteiger partial charge in [0.05, 0.1) is 51.0 Å². The third-order valence-electron chi connectivity index (χ3n) is 8.35. The highest BCUT2D eigenvalue weighted by Crippen LogP contribution is 2.42. The molecule has 2 saturated carbocycles. The number of pyridine rings is 1. The lowest BCUT2D eigenvalue weighted by molar-refractivity contribution is 0.00446. The zero-order valence-corrected chi connectivity index (χ0v) is 25.4. The van der Waals surface area contributed by atoms with Crippen molar-refractivity contribution in [3.8, 4) is 21.8 Å². The molecule has 5 aromatic rings. The number of aromatic nitrogens is 5. The molecule has 0 amide bonds. The number of benzene rings is 1. The Hall–Kier alpha value is -3.55. The summed E-state index contributed by atoms with van der Waals surface area (Å²) in [5.74, 6) is 1.18. The van der Waals surface area contributed by atoms with Crippen molar-refractivity contribution in [2.24, 2.45) is 5.92 Å². The summed E-state index contributed by atoms with van der Waals surface area (Å²) in [5, 5.41) is 41.8. The Morgan fingerprint density at radius 3 is 2.56 bits per heavy atom. The minimum Gasteiger partial charge on any atom is -0.396 e. The van der Waals surface area contributed by atoms with Gasteiger partial charge in [0.1, 0.15) is 22.4 Å². The van der Waals surface area contributed by atoms with E-state index in [9.17, 15) is 15.3 Å². The van der Waals surface area contributed by atoms with Gasteiger partial charge >= 0.3 is 0 Å². The van der Waals surface area contributed by atoms with E-state index in [-0.39, 0.29) is 12.6 Å². The molecular formula is C31H33N7O3S2. The van der Waals surface area contributed by atoms with Crippen molar-refractivity contribution in [3.63, 3.8) is 0 Å². The summed E-state index contributed by atoms with van der Waals surface area (Å²) in [4.78, 5) is 23.5. The number of nitrogens with zero attached hydrogens (tertiary/aromatic N) is 5. The van der Waals surface area contributed by atoms with Gasteiger partial charge < -0.3 is 26.0 Å². The molecule has 4 heterocycles. The van der Waals surface area contributed by atoms with Crippen molar-refractivity contribution < 1.29 is 15.3 Å². The Kier molecular flexibility index (Phi) is 7.56. The predicted octanol–water partition coefficient (Wildman–Crippen LogP) is 5.15. The molecule has 43 heavy (non-hydrogen) atoms. The Labute approximate surface area is 257 Å². The van der Waals surface area contributed by atoms with E-state index in [1.807, 2.05) is 13.0 Å². The van der Waals surface area contributed by atoms with E-state index in [4.69, 9.17) is 19.9 Å². The van der Waals surface area contributed by atoms with Crippen LogP contribution in [0.25, 0.3) is 32.0 Å². The lowest BCUT2D eigenvalue weighted by Crippen LogP contribution is -2.35. The molecule has 5 N–H and O–H groups in total. The SMILES string of the molecule is Cc1nc(NC(C)c2ccc(-c3csc(C4CC4)n3)cc2)nc(NC2CC(CO)C(O)C2O)c1-c1nc2cnccc2s1. The highest BCUT2D eigenvalue weighted by atomic mass is 32.1. The maximum Gasteiger partial charge on any atom is 0.225 e. The fraction of sp³-hybridized carbons (Fsp3) is 0.387. The first-order chi connectivity index (χ1) is 20.9. The third-order valence-corrected chi connectivity index (χ3v) is 10.4. The van der Waals surface area contributed by atoms with Gasteiger partial charge in [-0.05, 0) is 44.7 Å². The van der Waals surface area contributed by atoms with Gasteiger partial charge in [-0.15, -0.1) is 22.7 Å². The topological polar surface area (TPSA) is 149 Å². The second kappa shape index (κ2) is 11.5. The molecule has 222 valence electrons. The zero-order chi connectivity index (χ0) is 29.7. The molecule has 2 aliphatic rings. The van der Waals surface area contributed by atoms with Crippen molar-refractivity contribution in [3.05, 3.63) is 64.4 Å². The van der Waals surface area contributed by atoms with Gasteiger partial charge in [-0.1, -0.05) is 24.3 Å². The van der Waals surface area contributed by atoms with Crippen LogP contribution in [0.2, 0.25) is 0 Å². The van der Waals surface area contributed by atoms with Gasteiger partial charge in [-0.25, -0.2) is 15.0 Å². The van der Waals surface area contributed by atoms with E-state index >= 15 is 0 Å². The summed E-state index contributed by atoms with van der Waals surface area (Å²) in [6, 6.07) is 9.75. The molecule has 5 unspecified atom stereocenters. The fourth-order valence-corrected chi connectivity index (χ4v) is 7.70. The van der Waals surface area contributed by atoms with Crippen molar-refractivity contribution in [2.45, 2.75) is 63.3 Å². The van der Waals surface area contributed by atoms with Crippen molar-refractivity contribution >= 4 is 44.7 Å². The minimum atomic E-state index is -1.05. The van der Waals surface area contributed by atoms with Crippen LogP contribution in [0.3, 0.4) is 0 Å². The first-order valence-corrected chi connectivity index (χ1v) is 16.2. The summed E-state index contributed by atoms with van der Waals surface area (Å²) < 4.78 is 0.993. The summed E-state index contributed by atoms with van der Waals surface area (Å²) in [5.41, 5.74) is 5.44. The van der Waals surface area contributed by atoms with Gasteiger partial charge in [0.2, 0.25) is 5.95 Å². The maximum atomic E-state index is 10.8. The van der Waals surface area contributed by atoms with Crippen molar-refractivity contribution in [1.82, 2.24) is 24.9 Å². The number of thiazole rings is 2. The summed E-state index contributed by atoms with van der Waals surface area (Å²) >= 11 is 3.27. The van der Waals surface area contributed by atoms with E-state index in [1.54, 1.807) is 23.7 Å². The van der Waals surface area contributed by atoms with Crippen LogP contribution < -0.4 is 10.6 Å². The number of nitrogens with one attached hydrogen (secondary N) is 2. The van der Waals surface area contributed by atoms with E-state index in [2.05, 4.69) is 52.2 Å². The molecule has 12 heteroatoms. The lowest BCUT2D eigenvalue weighted by atomic mass is 10.1. The number of hydrogen-bond donors (Lipinski definition) is 5. The molecule has 0 aliphatic heterocycles. The van der Waals surface area contributed by atoms with Gasteiger partial charge in [0, 0.05) is 35.6 Å². The molecule has 0 radical (unpaired) electrons. The third kappa shape index (κ3) is 5.61. The van der Waals surface area contributed by atoms with Crippen LogP contribution in [0.15, 0.2) is 48.1 Å². The number of aryl methyl sites for hydroxylation is 1. The second-order valence-electron chi connectivity index (χ2n) is 11.5. The van der Waals surface area contributed by atoms with E-state index in [0.717, 1.165) is 43.3 Å². The maximum absolute atomic E-state index is 10.8. The standard InChI is InChI=1S/C31H33N7O3S2/c1-15(17-3-5-18(6-4-17)23-14-42-29(37-23)19-7-8-19)33-31-34-16(2)25(30-36-22-12-32-10-9-24(22)43-30)28(38-31)35-21-11-20(13-39)26(40)27(21)41/h3-6,9-10,12,14-15,19-21,26-27,39-41H,7-8,11,13H2,1-2H3,(H2,33,34,35,38). The molecule has 10 nitrogen and oxygen atoms in total. The summed E-state index contributed by atoms with van der Waals surface area (Å²) in [6.45, 7) is 3.77. The number of hydrogen-bond acceptors (Lipinski definition) is 12. The van der Waals surface area contributed by atoms with E-state index in [0.29, 0.717) is 24.1 Å². The van der Waals surface area contributed by atoms with Crippen molar-refractivity contribution in [1.29, 1.82) is 0 Å². The number of rotatable bonds is 9.